The van der Waals surface area contributed by atoms with Crippen molar-refractivity contribution in [1.82, 2.24) is 10.3 Å². The lowest BCUT2D eigenvalue weighted by molar-refractivity contribution is 0.0947. The summed E-state index contributed by atoms with van der Waals surface area (Å²) in [4.78, 5) is 16.3. The minimum absolute atomic E-state index is 0.123. The van der Waals surface area contributed by atoms with E-state index in [1.54, 1.807) is 12.3 Å². The van der Waals surface area contributed by atoms with Crippen LogP contribution in [0.5, 0.6) is 0 Å². The van der Waals surface area contributed by atoms with Gasteiger partial charge in [0.1, 0.15) is 5.69 Å². The van der Waals surface area contributed by atoms with Crippen LogP contribution in [-0.2, 0) is 0 Å². The highest BCUT2D eigenvalue weighted by atomic mass is 16.1. The number of carbonyl (C=O) groups excluding carboxylic acids is 1. The highest BCUT2D eigenvalue weighted by molar-refractivity contribution is 5.93. The SMILES string of the molecule is CC(C)CCNC(=O)c1cc(NC(C)c2ccccc2)ccn1. The van der Waals surface area contributed by atoms with E-state index in [1.807, 2.05) is 24.3 Å². The molecular formula is C19H25N3O. The molecule has 4 nitrogen and oxygen atoms in total. The van der Waals surface area contributed by atoms with Crippen molar-refractivity contribution in [2.75, 3.05) is 11.9 Å². The third-order valence-corrected chi connectivity index (χ3v) is 3.68. The predicted molar refractivity (Wildman–Crippen MR) is 94.5 cm³/mol. The van der Waals surface area contributed by atoms with Gasteiger partial charge in [0.05, 0.1) is 0 Å². The van der Waals surface area contributed by atoms with Crippen LogP contribution in [0.4, 0.5) is 5.69 Å². The molecule has 1 aromatic carbocycles. The third kappa shape index (κ3) is 5.40. The summed E-state index contributed by atoms with van der Waals surface area (Å²) in [7, 11) is 0. The van der Waals surface area contributed by atoms with E-state index in [1.165, 1.54) is 5.56 Å². The zero-order valence-electron chi connectivity index (χ0n) is 14.0. The topological polar surface area (TPSA) is 54.0 Å². The summed E-state index contributed by atoms with van der Waals surface area (Å²) in [5.41, 5.74) is 2.54. The molecule has 1 unspecified atom stereocenters. The first-order valence-electron chi connectivity index (χ1n) is 8.12. The maximum Gasteiger partial charge on any atom is 0.269 e. The van der Waals surface area contributed by atoms with Crippen LogP contribution in [0.15, 0.2) is 48.7 Å². The van der Waals surface area contributed by atoms with Crippen LogP contribution >= 0.6 is 0 Å². The van der Waals surface area contributed by atoms with Crippen molar-refractivity contribution in [2.24, 2.45) is 5.92 Å². The van der Waals surface area contributed by atoms with Crippen LogP contribution in [0.1, 0.15) is 49.3 Å². The van der Waals surface area contributed by atoms with E-state index in [4.69, 9.17) is 0 Å². The van der Waals surface area contributed by atoms with Crippen LogP contribution < -0.4 is 10.6 Å². The Morgan fingerprint density at radius 3 is 2.57 bits per heavy atom. The zero-order chi connectivity index (χ0) is 16.7. The van der Waals surface area contributed by atoms with Gasteiger partial charge >= 0.3 is 0 Å². The Morgan fingerprint density at radius 2 is 1.87 bits per heavy atom. The first-order chi connectivity index (χ1) is 11.1. The van der Waals surface area contributed by atoms with Crippen molar-refractivity contribution in [3.05, 3.63) is 59.9 Å². The smallest absolute Gasteiger partial charge is 0.269 e. The highest BCUT2D eigenvalue weighted by Crippen LogP contribution is 2.19. The van der Waals surface area contributed by atoms with Crippen LogP contribution in [0.3, 0.4) is 0 Å². The summed E-state index contributed by atoms with van der Waals surface area (Å²) >= 11 is 0. The van der Waals surface area contributed by atoms with Crippen molar-refractivity contribution in [3.63, 3.8) is 0 Å². The van der Waals surface area contributed by atoms with E-state index in [9.17, 15) is 4.79 Å². The van der Waals surface area contributed by atoms with Crippen molar-refractivity contribution in [1.29, 1.82) is 0 Å². The molecule has 1 atom stereocenters. The van der Waals surface area contributed by atoms with Crippen LogP contribution in [0.2, 0.25) is 0 Å². The van der Waals surface area contributed by atoms with E-state index < -0.39 is 0 Å². The average Bonchev–Trinajstić information content (AvgIpc) is 2.55. The summed E-state index contributed by atoms with van der Waals surface area (Å²) in [6.45, 7) is 7.05. The summed E-state index contributed by atoms with van der Waals surface area (Å²) in [6.07, 6.45) is 2.63. The van der Waals surface area contributed by atoms with Gasteiger partial charge in [0.2, 0.25) is 0 Å². The number of nitrogens with zero attached hydrogens (tertiary/aromatic N) is 1. The lowest BCUT2D eigenvalue weighted by atomic mass is 10.1. The van der Waals surface area contributed by atoms with Gasteiger partial charge in [0.15, 0.2) is 0 Å². The predicted octanol–water partition coefficient (Wildman–Crippen LogP) is 4.03. The van der Waals surface area contributed by atoms with Crippen molar-refractivity contribution in [3.8, 4) is 0 Å². The standard InChI is InChI=1S/C19H25N3O/c1-14(2)9-11-21-19(23)18-13-17(10-12-20-18)22-15(3)16-7-5-4-6-8-16/h4-8,10,12-15H,9,11H2,1-3H3,(H,20,22)(H,21,23). The number of benzene rings is 1. The fourth-order valence-corrected chi connectivity index (χ4v) is 2.28. The number of carbonyl (C=O) groups is 1. The minimum Gasteiger partial charge on any atom is -0.378 e. The van der Waals surface area contributed by atoms with Crippen LogP contribution in [-0.4, -0.2) is 17.4 Å². The molecule has 1 heterocycles. The quantitative estimate of drug-likeness (QED) is 0.811. The van der Waals surface area contributed by atoms with Gasteiger partial charge in [0, 0.05) is 24.5 Å². The molecule has 0 spiro atoms. The van der Waals surface area contributed by atoms with Gasteiger partial charge in [-0.15, -0.1) is 0 Å². The monoisotopic (exact) mass is 311 g/mol. The molecule has 1 aromatic heterocycles. The largest absolute Gasteiger partial charge is 0.378 e. The lowest BCUT2D eigenvalue weighted by Gasteiger charge is -2.16. The number of aromatic nitrogens is 1. The summed E-state index contributed by atoms with van der Waals surface area (Å²) < 4.78 is 0. The molecule has 0 radical (unpaired) electrons. The van der Waals surface area contributed by atoms with Gasteiger partial charge in [-0.2, -0.15) is 0 Å². The molecular weight excluding hydrogens is 286 g/mol. The van der Waals surface area contributed by atoms with Crippen LogP contribution in [0, 0.1) is 5.92 Å². The van der Waals surface area contributed by atoms with Gasteiger partial charge in [0.25, 0.3) is 5.91 Å². The Morgan fingerprint density at radius 1 is 1.13 bits per heavy atom. The minimum atomic E-state index is -0.123. The Labute approximate surface area is 138 Å². The molecule has 2 rings (SSSR count). The zero-order valence-corrected chi connectivity index (χ0v) is 14.0. The van der Waals surface area contributed by atoms with E-state index in [2.05, 4.69) is 48.5 Å². The maximum atomic E-state index is 12.1. The van der Waals surface area contributed by atoms with E-state index >= 15 is 0 Å². The number of rotatable bonds is 7. The van der Waals surface area contributed by atoms with E-state index in [0.717, 1.165) is 12.1 Å². The van der Waals surface area contributed by atoms with Crippen molar-refractivity contribution < 1.29 is 4.79 Å². The second-order valence-corrected chi connectivity index (χ2v) is 6.14. The molecule has 4 heteroatoms. The Bertz CT molecular complexity index is 626. The number of pyridine rings is 1. The van der Waals surface area contributed by atoms with Gasteiger partial charge in [-0.1, -0.05) is 44.2 Å². The summed E-state index contributed by atoms with van der Waals surface area (Å²) in [5, 5.41) is 6.32. The van der Waals surface area contributed by atoms with E-state index in [-0.39, 0.29) is 11.9 Å². The number of amides is 1. The van der Waals surface area contributed by atoms with Gasteiger partial charge in [-0.05, 0) is 37.0 Å². The first-order valence-corrected chi connectivity index (χ1v) is 8.12. The molecule has 0 saturated carbocycles. The summed E-state index contributed by atoms with van der Waals surface area (Å²) in [5.74, 6) is 0.449. The number of anilines is 1. The molecule has 0 aliphatic heterocycles. The molecule has 0 aliphatic carbocycles. The average molecular weight is 311 g/mol. The first kappa shape index (κ1) is 17.0. The van der Waals surface area contributed by atoms with Crippen molar-refractivity contribution >= 4 is 11.6 Å². The molecule has 2 aromatic rings. The number of hydrogen-bond acceptors (Lipinski definition) is 3. The molecule has 1 amide bonds. The van der Waals surface area contributed by atoms with Gasteiger partial charge < -0.3 is 10.6 Å². The Kier molecular flexibility index (Phi) is 6.15. The van der Waals surface area contributed by atoms with Gasteiger partial charge in [-0.25, -0.2) is 0 Å². The van der Waals surface area contributed by atoms with Gasteiger partial charge in [-0.3, -0.25) is 9.78 Å². The third-order valence-electron chi connectivity index (χ3n) is 3.68. The number of nitrogens with one attached hydrogen (secondary N) is 2. The normalized spacial score (nSPS) is 12.0. The number of hydrogen-bond donors (Lipinski definition) is 2. The Hall–Kier alpha value is -2.36. The maximum absolute atomic E-state index is 12.1. The molecule has 0 fully saturated rings. The highest BCUT2D eigenvalue weighted by Gasteiger charge is 2.10. The molecule has 122 valence electrons. The summed E-state index contributed by atoms with van der Waals surface area (Å²) in [6, 6.07) is 14.0. The van der Waals surface area contributed by atoms with E-state index in [0.29, 0.717) is 18.2 Å². The molecule has 2 N–H and O–H groups in total. The molecule has 23 heavy (non-hydrogen) atoms. The lowest BCUT2D eigenvalue weighted by Crippen LogP contribution is -2.26. The fraction of sp³-hybridized carbons (Fsp3) is 0.368. The molecule has 0 aliphatic rings. The second kappa shape index (κ2) is 8.32. The van der Waals surface area contributed by atoms with Crippen LogP contribution in [0.25, 0.3) is 0 Å². The molecule has 0 saturated heterocycles. The second-order valence-electron chi connectivity index (χ2n) is 6.14. The van der Waals surface area contributed by atoms with Crippen molar-refractivity contribution in [2.45, 2.75) is 33.2 Å². The fourth-order valence-electron chi connectivity index (χ4n) is 2.28. The Balaban J connectivity index is 1.98. The molecule has 0 bridgehead atoms.